The summed E-state index contributed by atoms with van der Waals surface area (Å²) in [6, 6.07) is 6.28. The summed E-state index contributed by atoms with van der Waals surface area (Å²) < 4.78 is 12.5. The number of aryl methyl sites for hydroxylation is 1. The van der Waals surface area contributed by atoms with E-state index in [-0.39, 0.29) is 11.8 Å². The molecule has 0 saturated carbocycles. The van der Waals surface area contributed by atoms with Gasteiger partial charge in [-0.05, 0) is 36.8 Å². The maximum Gasteiger partial charge on any atom is 0.433 e. The molecule has 0 fully saturated rings. The summed E-state index contributed by atoms with van der Waals surface area (Å²) in [5, 5.41) is 13.3. The van der Waals surface area contributed by atoms with Crippen molar-refractivity contribution in [2.24, 2.45) is 0 Å². The Morgan fingerprint density at radius 3 is 2.68 bits per heavy atom. The Hall–Kier alpha value is -2.48. The SMILES string of the molecule is CC1(C)OC(c2ccc([N+](=O)[O-])cc2)CC[n+]2[nH]oc(=O)c21. The molecule has 0 aliphatic carbocycles. The molecular formula is C14H16N3O5+. The molecule has 3 rings (SSSR count). The minimum atomic E-state index is -0.830. The number of nitro groups is 1. The third kappa shape index (κ3) is 2.41. The van der Waals surface area contributed by atoms with E-state index in [4.69, 9.17) is 9.26 Å². The largest absolute Gasteiger partial charge is 0.433 e. The second-order valence-electron chi connectivity index (χ2n) is 5.74. The topological polar surface area (TPSA) is 102 Å². The first kappa shape index (κ1) is 14.5. The fourth-order valence-corrected chi connectivity index (χ4v) is 2.79. The van der Waals surface area contributed by atoms with Crippen molar-refractivity contribution in [3.05, 3.63) is 56.1 Å². The quantitative estimate of drug-likeness (QED) is 0.515. The highest BCUT2D eigenvalue weighted by Crippen LogP contribution is 2.33. The van der Waals surface area contributed by atoms with Crippen LogP contribution in [0.3, 0.4) is 0 Å². The molecule has 1 N–H and O–H groups in total. The average Bonchev–Trinajstić information content (AvgIpc) is 2.78. The molecule has 8 nitrogen and oxygen atoms in total. The summed E-state index contributed by atoms with van der Waals surface area (Å²) in [6.45, 7) is 4.13. The highest BCUT2D eigenvalue weighted by atomic mass is 16.6. The predicted molar refractivity (Wildman–Crippen MR) is 74.1 cm³/mol. The van der Waals surface area contributed by atoms with Crippen LogP contribution in [0.1, 0.15) is 37.6 Å². The highest BCUT2D eigenvalue weighted by Gasteiger charge is 2.43. The molecule has 22 heavy (non-hydrogen) atoms. The number of non-ortho nitro benzene ring substituents is 1. The molecule has 2 heterocycles. The van der Waals surface area contributed by atoms with Crippen molar-refractivity contribution in [1.82, 2.24) is 5.27 Å². The Bertz CT molecular complexity index is 760. The van der Waals surface area contributed by atoms with Gasteiger partial charge in [-0.25, -0.2) is 4.79 Å². The first-order chi connectivity index (χ1) is 10.4. The molecule has 0 spiro atoms. The van der Waals surface area contributed by atoms with Crippen molar-refractivity contribution >= 4 is 5.69 Å². The van der Waals surface area contributed by atoms with E-state index in [1.807, 2.05) is 0 Å². The minimum absolute atomic E-state index is 0.0388. The zero-order chi connectivity index (χ0) is 15.9. The Kier molecular flexibility index (Phi) is 3.32. The van der Waals surface area contributed by atoms with Crippen LogP contribution in [0.2, 0.25) is 0 Å². The molecule has 1 aliphatic rings. The van der Waals surface area contributed by atoms with Crippen molar-refractivity contribution in [1.29, 1.82) is 0 Å². The van der Waals surface area contributed by atoms with E-state index < -0.39 is 16.1 Å². The van der Waals surface area contributed by atoms with Gasteiger partial charge in [0.15, 0.2) is 12.1 Å². The van der Waals surface area contributed by atoms with Crippen molar-refractivity contribution in [2.45, 2.75) is 38.5 Å². The zero-order valence-electron chi connectivity index (χ0n) is 12.2. The summed E-state index contributed by atoms with van der Waals surface area (Å²) in [7, 11) is 0. The number of aromatic nitrogens is 2. The first-order valence-electron chi connectivity index (χ1n) is 6.92. The van der Waals surface area contributed by atoms with Crippen molar-refractivity contribution in [3.8, 4) is 0 Å². The lowest BCUT2D eigenvalue weighted by atomic mass is 10.0. The molecule has 116 valence electrons. The number of nitro benzene ring substituents is 1. The maximum atomic E-state index is 11.8. The van der Waals surface area contributed by atoms with Gasteiger partial charge in [-0.15, -0.1) is 0 Å². The number of hydrogen-bond donors (Lipinski definition) is 1. The standard InChI is InChI=1S/C14H15N3O5/c1-14(2)12-13(18)22-15-16(12)8-7-11(21-14)9-3-5-10(6-4-9)17(19)20/h3-6,11H,7-8H2,1-2H3/p+1. The van der Waals surface area contributed by atoms with E-state index in [2.05, 4.69) is 5.27 Å². The number of rotatable bonds is 2. The number of benzene rings is 1. The van der Waals surface area contributed by atoms with Gasteiger partial charge in [-0.3, -0.25) is 14.6 Å². The van der Waals surface area contributed by atoms with Crippen LogP contribution in [0.15, 0.2) is 33.6 Å². The van der Waals surface area contributed by atoms with E-state index in [1.165, 1.54) is 12.1 Å². The monoisotopic (exact) mass is 306 g/mol. The summed E-state index contributed by atoms with van der Waals surface area (Å²) in [6.07, 6.45) is 0.359. The summed E-state index contributed by atoms with van der Waals surface area (Å²) >= 11 is 0. The number of H-pyrrole nitrogens is 1. The molecule has 1 unspecified atom stereocenters. The second kappa shape index (κ2) is 5.06. The van der Waals surface area contributed by atoms with Gasteiger partial charge in [0.25, 0.3) is 5.69 Å². The van der Waals surface area contributed by atoms with Crippen molar-refractivity contribution in [2.75, 3.05) is 0 Å². The van der Waals surface area contributed by atoms with Crippen LogP contribution in [0, 0.1) is 10.1 Å². The number of nitrogens with one attached hydrogen (secondary N) is 1. The van der Waals surface area contributed by atoms with Gasteiger partial charge in [-0.2, -0.15) is 0 Å². The van der Waals surface area contributed by atoms with Crippen LogP contribution in [-0.2, 0) is 16.9 Å². The molecule has 0 bridgehead atoms. The van der Waals surface area contributed by atoms with E-state index in [0.717, 1.165) is 5.56 Å². The van der Waals surface area contributed by atoms with Gasteiger partial charge >= 0.3 is 11.3 Å². The van der Waals surface area contributed by atoms with E-state index in [9.17, 15) is 14.9 Å². The Labute approximate surface area is 125 Å². The Morgan fingerprint density at radius 1 is 1.36 bits per heavy atom. The summed E-state index contributed by atoms with van der Waals surface area (Å²) in [5.41, 5.74) is 0.0284. The van der Waals surface area contributed by atoms with Gasteiger partial charge in [0.05, 0.1) is 11.0 Å². The summed E-state index contributed by atoms with van der Waals surface area (Å²) in [4.78, 5) is 22.1. The van der Waals surface area contributed by atoms with Gasteiger partial charge in [0, 0.05) is 18.6 Å². The Balaban J connectivity index is 1.92. The third-order valence-corrected chi connectivity index (χ3v) is 3.81. The van der Waals surface area contributed by atoms with E-state index in [0.29, 0.717) is 18.7 Å². The van der Waals surface area contributed by atoms with Crippen molar-refractivity contribution in [3.63, 3.8) is 0 Å². The van der Waals surface area contributed by atoms with Crippen LogP contribution >= 0.6 is 0 Å². The van der Waals surface area contributed by atoms with Gasteiger partial charge < -0.3 is 4.74 Å². The molecule has 8 heteroatoms. The second-order valence-corrected chi connectivity index (χ2v) is 5.74. The lowest BCUT2D eigenvalue weighted by molar-refractivity contribution is -0.770. The van der Waals surface area contributed by atoms with E-state index in [1.54, 1.807) is 30.7 Å². The number of fused-ring (bicyclic) bond motifs is 1. The van der Waals surface area contributed by atoms with Gasteiger partial charge in [0.1, 0.15) is 0 Å². The fraction of sp³-hybridized carbons (Fsp3) is 0.429. The highest BCUT2D eigenvalue weighted by molar-refractivity contribution is 5.34. The molecule has 2 aromatic rings. The molecule has 0 amide bonds. The number of nitrogens with zero attached hydrogens (tertiary/aromatic N) is 2. The predicted octanol–water partition coefficient (Wildman–Crippen LogP) is 1.56. The maximum absolute atomic E-state index is 11.8. The van der Waals surface area contributed by atoms with Crippen molar-refractivity contribution < 1.29 is 18.9 Å². The lowest BCUT2D eigenvalue weighted by Crippen LogP contribution is -2.45. The van der Waals surface area contributed by atoms with Gasteiger partial charge in [-0.1, -0.05) is 4.68 Å². The molecule has 1 aromatic carbocycles. The third-order valence-electron chi connectivity index (χ3n) is 3.81. The van der Waals surface area contributed by atoms with Crippen LogP contribution < -0.4 is 10.3 Å². The van der Waals surface area contributed by atoms with E-state index >= 15 is 0 Å². The molecule has 0 radical (unpaired) electrons. The number of aromatic amines is 1. The lowest BCUT2D eigenvalue weighted by Gasteiger charge is -2.24. The molecular weight excluding hydrogens is 290 g/mol. The summed E-state index contributed by atoms with van der Waals surface area (Å²) in [5.74, 6) is 0. The molecule has 1 aromatic heterocycles. The first-order valence-corrected chi connectivity index (χ1v) is 6.92. The molecule has 1 atom stereocenters. The smallest absolute Gasteiger partial charge is 0.356 e. The van der Waals surface area contributed by atoms with Crippen LogP contribution in [0.5, 0.6) is 0 Å². The number of ether oxygens (including phenoxy) is 1. The normalized spacial score (nSPS) is 20.2. The molecule has 1 aliphatic heterocycles. The zero-order valence-corrected chi connectivity index (χ0v) is 12.2. The van der Waals surface area contributed by atoms with Crippen LogP contribution in [-0.4, -0.2) is 10.2 Å². The number of hydrogen-bond acceptors (Lipinski definition) is 5. The minimum Gasteiger partial charge on any atom is -0.356 e. The van der Waals surface area contributed by atoms with Crippen LogP contribution in [0.4, 0.5) is 5.69 Å². The fourth-order valence-electron chi connectivity index (χ4n) is 2.79. The average molecular weight is 306 g/mol. The van der Waals surface area contributed by atoms with Crippen LogP contribution in [0.25, 0.3) is 0 Å². The molecule has 0 saturated heterocycles. The Morgan fingerprint density at radius 2 is 2.05 bits per heavy atom. The van der Waals surface area contributed by atoms with Gasteiger partial charge in [0.2, 0.25) is 0 Å².